The Bertz CT molecular complexity index is 629. The molecule has 1 aromatic carbocycles. The molecular formula is C29H46. The topological polar surface area (TPSA) is 0 Å². The normalized spacial score (nSPS) is 31.9. The Kier molecular flexibility index (Phi) is 7.77. The smallest absolute Gasteiger partial charge is 0.0159 e. The fourth-order valence-electron chi connectivity index (χ4n) is 7.17. The molecule has 2 saturated carbocycles. The first-order chi connectivity index (χ1) is 14.3. The third-order valence-electron chi connectivity index (χ3n) is 8.92. The molecule has 0 aromatic heterocycles. The van der Waals surface area contributed by atoms with Gasteiger partial charge in [-0.15, -0.1) is 0 Å². The highest BCUT2D eigenvalue weighted by Crippen LogP contribution is 2.48. The van der Waals surface area contributed by atoms with E-state index in [1.165, 1.54) is 96.3 Å². The number of benzene rings is 1. The van der Waals surface area contributed by atoms with Crippen molar-refractivity contribution in [2.24, 2.45) is 23.7 Å². The molecule has 29 heavy (non-hydrogen) atoms. The predicted octanol–water partition coefficient (Wildman–Crippen LogP) is 8.86. The number of aryl methyl sites for hydroxylation is 1. The van der Waals surface area contributed by atoms with Crippen LogP contribution in [0.1, 0.15) is 126 Å². The molecule has 3 aliphatic rings. The largest absolute Gasteiger partial charge is 0.0654 e. The maximum Gasteiger partial charge on any atom is -0.0159 e. The van der Waals surface area contributed by atoms with Crippen LogP contribution in [0.5, 0.6) is 0 Å². The van der Waals surface area contributed by atoms with E-state index in [-0.39, 0.29) is 0 Å². The van der Waals surface area contributed by atoms with Gasteiger partial charge in [0, 0.05) is 0 Å². The maximum atomic E-state index is 2.64. The molecule has 0 nitrogen and oxygen atoms in total. The summed E-state index contributed by atoms with van der Waals surface area (Å²) in [6, 6.07) is 7.69. The molecule has 0 spiro atoms. The molecule has 5 unspecified atom stereocenters. The number of unbranched alkanes of at least 4 members (excludes halogenated alkanes) is 3. The van der Waals surface area contributed by atoms with Crippen molar-refractivity contribution < 1.29 is 0 Å². The van der Waals surface area contributed by atoms with Gasteiger partial charge < -0.3 is 0 Å². The van der Waals surface area contributed by atoms with E-state index in [2.05, 4.69) is 32.0 Å². The zero-order chi connectivity index (χ0) is 20.1. The van der Waals surface area contributed by atoms with E-state index in [0.29, 0.717) is 0 Å². The first-order valence-electron chi connectivity index (χ1n) is 13.4. The van der Waals surface area contributed by atoms with E-state index in [0.717, 1.165) is 29.6 Å². The van der Waals surface area contributed by atoms with Crippen molar-refractivity contribution in [3.05, 3.63) is 34.9 Å². The van der Waals surface area contributed by atoms with Crippen LogP contribution in [0.2, 0.25) is 0 Å². The van der Waals surface area contributed by atoms with Crippen LogP contribution < -0.4 is 0 Å². The van der Waals surface area contributed by atoms with Crippen LogP contribution in [-0.2, 0) is 12.8 Å². The van der Waals surface area contributed by atoms with E-state index in [1.54, 1.807) is 23.1 Å². The van der Waals surface area contributed by atoms with Crippen LogP contribution in [0, 0.1) is 23.7 Å². The third-order valence-corrected chi connectivity index (χ3v) is 8.92. The summed E-state index contributed by atoms with van der Waals surface area (Å²) in [5.74, 6) is 4.96. The molecule has 1 aromatic rings. The molecule has 0 amide bonds. The van der Waals surface area contributed by atoms with Crippen LogP contribution >= 0.6 is 0 Å². The van der Waals surface area contributed by atoms with Crippen LogP contribution in [0.3, 0.4) is 0 Å². The number of rotatable bonds is 8. The van der Waals surface area contributed by atoms with Gasteiger partial charge in [0.05, 0.1) is 0 Å². The minimum absolute atomic E-state index is 0.857. The Morgan fingerprint density at radius 2 is 1.59 bits per heavy atom. The van der Waals surface area contributed by atoms with E-state index in [1.807, 2.05) is 0 Å². The van der Waals surface area contributed by atoms with Gasteiger partial charge in [0.2, 0.25) is 0 Å². The summed E-state index contributed by atoms with van der Waals surface area (Å²) in [7, 11) is 0. The van der Waals surface area contributed by atoms with Gasteiger partial charge in [0.1, 0.15) is 0 Å². The van der Waals surface area contributed by atoms with E-state index < -0.39 is 0 Å². The van der Waals surface area contributed by atoms with Crippen molar-refractivity contribution in [2.75, 3.05) is 0 Å². The lowest BCUT2D eigenvalue weighted by Gasteiger charge is -2.42. The highest BCUT2D eigenvalue weighted by Gasteiger charge is 2.36. The Hall–Kier alpha value is -0.780. The Morgan fingerprint density at radius 1 is 0.724 bits per heavy atom. The third kappa shape index (κ3) is 5.48. The lowest BCUT2D eigenvalue weighted by molar-refractivity contribution is 0.113. The zero-order valence-corrected chi connectivity index (χ0v) is 19.4. The lowest BCUT2D eigenvalue weighted by atomic mass is 9.63. The average Bonchev–Trinajstić information content (AvgIpc) is 2.76. The molecule has 162 valence electrons. The molecule has 0 bridgehead atoms. The maximum absolute atomic E-state index is 2.64. The Morgan fingerprint density at radius 3 is 2.45 bits per heavy atom. The van der Waals surface area contributed by atoms with Crippen molar-refractivity contribution in [1.29, 1.82) is 0 Å². The molecule has 0 N–H and O–H groups in total. The summed E-state index contributed by atoms with van der Waals surface area (Å²) in [6.45, 7) is 4.67. The summed E-state index contributed by atoms with van der Waals surface area (Å²) < 4.78 is 0. The minimum atomic E-state index is 0.857. The molecule has 0 heterocycles. The number of fused-ring (bicyclic) bond motifs is 2. The summed E-state index contributed by atoms with van der Waals surface area (Å²) in [5, 5.41) is 0. The lowest BCUT2D eigenvalue weighted by Crippen LogP contribution is -2.30. The first-order valence-corrected chi connectivity index (χ1v) is 13.4. The SMILES string of the molecule is CCCCCCC1CCC2CC(c3ccc4c(c3)CCC(CCC)C4)CCC2C1. The fraction of sp³-hybridized carbons (Fsp3) is 0.793. The molecule has 0 radical (unpaired) electrons. The molecule has 3 aliphatic carbocycles. The van der Waals surface area contributed by atoms with Gasteiger partial charge in [0.25, 0.3) is 0 Å². The predicted molar refractivity (Wildman–Crippen MR) is 127 cm³/mol. The second-order valence-electron chi connectivity index (χ2n) is 11.0. The second kappa shape index (κ2) is 10.5. The monoisotopic (exact) mass is 394 g/mol. The standard InChI is InChI=1S/C29H46/c1-3-5-6-7-9-23-11-13-27-21-29(17-15-25(27)19-23)28-16-14-24-18-22(8-4-2)10-12-26(24)20-28/h14,16,20,22-23,25,27,29H,3-13,15,17-19,21H2,1-2H3. The van der Waals surface area contributed by atoms with E-state index in [4.69, 9.17) is 0 Å². The van der Waals surface area contributed by atoms with Crippen molar-refractivity contribution in [1.82, 2.24) is 0 Å². The summed E-state index contributed by atoms with van der Waals surface area (Å²) in [4.78, 5) is 0. The summed E-state index contributed by atoms with van der Waals surface area (Å²) >= 11 is 0. The molecule has 2 fully saturated rings. The second-order valence-corrected chi connectivity index (χ2v) is 11.0. The summed E-state index contributed by atoms with van der Waals surface area (Å²) in [5.41, 5.74) is 5.07. The molecule has 0 aliphatic heterocycles. The number of hydrogen-bond acceptors (Lipinski definition) is 0. The zero-order valence-electron chi connectivity index (χ0n) is 19.4. The van der Waals surface area contributed by atoms with Crippen molar-refractivity contribution in [3.63, 3.8) is 0 Å². The number of hydrogen-bond donors (Lipinski definition) is 0. The molecular weight excluding hydrogens is 348 g/mol. The Labute approximate surface area is 181 Å². The fourth-order valence-corrected chi connectivity index (χ4v) is 7.17. The van der Waals surface area contributed by atoms with Crippen LogP contribution in [0.25, 0.3) is 0 Å². The highest BCUT2D eigenvalue weighted by atomic mass is 14.4. The van der Waals surface area contributed by atoms with Crippen LogP contribution in [0.4, 0.5) is 0 Å². The summed E-state index contributed by atoms with van der Waals surface area (Å²) in [6.07, 6.45) is 23.3. The molecule has 0 heteroatoms. The van der Waals surface area contributed by atoms with Gasteiger partial charge in [-0.1, -0.05) is 83.4 Å². The van der Waals surface area contributed by atoms with Crippen molar-refractivity contribution in [3.8, 4) is 0 Å². The average molecular weight is 395 g/mol. The van der Waals surface area contributed by atoms with Gasteiger partial charge in [-0.3, -0.25) is 0 Å². The van der Waals surface area contributed by atoms with Crippen LogP contribution in [-0.4, -0.2) is 0 Å². The highest BCUT2D eigenvalue weighted by molar-refractivity contribution is 5.36. The van der Waals surface area contributed by atoms with Crippen molar-refractivity contribution in [2.45, 2.75) is 122 Å². The van der Waals surface area contributed by atoms with Gasteiger partial charge in [0.15, 0.2) is 0 Å². The molecule has 0 saturated heterocycles. The van der Waals surface area contributed by atoms with E-state index >= 15 is 0 Å². The van der Waals surface area contributed by atoms with Gasteiger partial charge in [-0.2, -0.15) is 0 Å². The molecule has 4 rings (SSSR count). The van der Waals surface area contributed by atoms with Crippen molar-refractivity contribution >= 4 is 0 Å². The van der Waals surface area contributed by atoms with Gasteiger partial charge >= 0.3 is 0 Å². The quantitative estimate of drug-likeness (QED) is 0.386. The van der Waals surface area contributed by atoms with E-state index in [9.17, 15) is 0 Å². The van der Waals surface area contributed by atoms with Gasteiger partial charge in [-0.25, -0.2) is 0 Å². The molecule has 5 atom stereocenters. The van der Waals surface area contributed by atoms with Crippen LogP contribution in [0.15, 0.2) is 18.2 Å². The first kappa shape index (κ1) is 21.5. The van der Waals surface area contributed by atoms with Gasteiger partial charge in [-0.05, 0) is 97.6 Å². The minimum Gasteiger partial charge on any atom is -0.0654 e. The Balaban J connectivity index is 1.30.